The van der Waals surface area contributed by atoms with Crippen molar-refractivity contribution in [1.82, 2.24) is 19.6 Å². The Morgan fingerprint density at radius 3 is 2.39 bits per heavy atom. The van der Waals surface area contributed by atoms with Crippen molar-refractivity contribution in [2.45, 2.75) is 13.5 Å². The van der Waals surface area contributed by atoms with Gasteiger partial charge in [0.15, 0.2) is 0 Å². The minimum Gasteiger partial charge on any atom is -0.335 e. The van der Waals surface area contributed by atoms with Crippen molar-refractivity contribution in [2.24, 2.45) is 0 Å². The first-order chi connectivity index (χ1) is 15.0. The van der Waals surface area contributed by atoms with Gasteiger partial charge in [-0.2, -0.15) is 5.10 Å². The summed E-state index contributed by atoms with van der Waals surface area (Å²) in [5.74, 6) is -0.0176. The summed E-state index contributed by atoms with van der Waals surface area (Å²) < 4.78 is 1.84. The van der Waals surface area contributed by atoms with Gasteiger partial charge >= 0.3 is 6.03 Å². The summed E-state index contributed by atoms with van der Waals surface area (Å²) in [5, 5.41) is 7.68. The molecular weight excluding hydrogens is 414 g/mol. The molecule has 0 radical (unpaired) electrons. The van der Waals surface area contributed by atoms with Crippen molar-refractivity contribution in [3.8, 4) is 0 Å². The normalized spacial score (nSPS) is 13.9. The van der Waals surface area contributed by atoms with Crippen LogP contribution in [-0.4, -0.2) is 57.7 Å². The molecule has 0 spiro atoms. The van der Waals surface area contributed by atoms with Crippen LogP contribution in [-0.2, 0) is 6.54 Å². The van der Waals surface area contributed by atoms with E-state index >= 15 is 0 Å². The Labute approximate surface area is 186 Å². The molecule has 2 aromatic carbocycles. The van der Waals surface area contributed by atoms with Crippen LogP contribution in [0.2, 0.25) is 5.02 Å². The standard InChI is InChI=1S/C23H24ClN5O2/c1-17-3-8-20(15-21(17)24)26-23(31)28-13-11-27(12-14-28)22(30)19-6-4-18(5-7-19)16-29-10-2-9-25-29/h2-10,15H,11-14,16H2,1H3,(H,26,31). The van der Waals surface area contributed by atoms with Gasteiger partial charge in [0, 0.05) is 54.8 Å². The summed E-state index contributed by atoms with van der Waals surface area (Å²) in [7, 11) is 0. The molecule has 0 unspecified atom stereocenters. The quantitative estimate of drug-likeness (QED) is 0.673. The number of carbonyl (C=O) groups is 2. The fourth-order valence-corrected chi connectivity index (χ4v) is 3.68. The number of anilines is 1. The predicted molar refractivity (Wildman–Crippen MR) is 120 cm³/mol. The van der Waals surface area contributed by atoms with E-state index in [2.05, 4.69) is 10.4 Å². The van der Waals surface area contributed by atoms with Crippen molar-refractivity contribution < 1.29 is 9.59 Å². The number of carbonyl (C=O) groups excluding carboxylic acids is 2. The first kappa shape index (κ1) is 20.9. The van der Waals surface area contributed by atoms with Gasteiger partial charge in [-0.05, 0) is 48.4 Å². The third-order valence-corrected chi connectivity index (χ3v) is 5.79. The predicted octanol–water partition coefficient (Wildman–Crippen LogP) is 3.88. The lowest BCUT2D eigenvalue weighted by Gasteiger charge is -2.34. The van der Waals surface area contributed by atoms with Crippen molar-refractivity contribution in [2.75, 3.05) is 31.5 Å². The first-order valence-corrected chi connectivity index (χ1v) is 10.5. The second kappa shape index (κ2) is 9.22. The zero-order valence-corrected chi connectivity index (χ0v) is 18.0. The van der Waals surface area contributed by atoms with Crippen LogP contribution >= 0.6 is 11.6 Å². The van der Waals surface area contributed by atoms with Crippen LogP contribution in [0.1, 0.15) is 21.5 Å². The number of rotatable bonds is 4. The summed E-state index contributed by atoms with van der Waals surface area (Å²) in [6.45, 7) is 4.54. The second-order valence-electron chi connectivity index (χ2n) is 7.57. The van der Waals surface area contributed by atoms with Crippen LogP contribution in [0, 0.1) is 6.92 Å². The van der Waals surface area contributed by atoms with Crippen LogP contribution in [0.4, 0.5) is 10.5 Å². The largest absolute Gasteiger partial charge is 0.335 e. The average molecular weight is 438 g/mol. The lowest BCUT2D eigenvalue weighted by atomic mass is 10.1. The van der Waals surface area contributed by atoms with Gasteiger partial charge in [0.1, 0.15) is 0 Å². The molecule has 8 heteroatoms. The molecule has 4 rings (SSSR count). The molecule has 1 saturated heterocycles. The van der Waals surface area contributed by atoms with Gasteiger partial charge in [0.25, 0.3) is 5.91 Å². The molecule has 0 bridgehead atoms. The molecule has 1 aliphatic rings. The zero-order valence-electron chi connectivity index (χ0n) is 17.3. The summed E-state index contributed by atoms with van der Waals surface area (Å²) in [6.07, 6.45) is 3.65. The lowest BCUT2D eigenvalue weighted by molar-refractivity contribution is 0.0671. The van der Waals surface area contributed by atoms with Gasteiger partial charge < -0.3 is 15.1 Å². The second-order valence-corrected chi connectivity index (χ2v) is 7.98. The van der Waals surface area contributed by atoms with Crippen molar-refractivity contribution in [3.63, 3.8) is 0 Å². The van der Waals surface area contributed by atoms with Crippen LogP contribution in [0.15, 0.2) is 60.9 Å². The highest BCUT2D eigenvalue weighted by molar-refractivity contribution is 6.31. The number of nitrogens with one attached hydrogen (secondary N) is 1. The minimum absolute atomic E-state index is 0.0176. The van der Waals surface area contributed by atoms with Crippen LogP contribution in [0.5, 0.6) is 0 Å². The summed E-state index contributed by atoms with van der Waals surface area (Å²) in [4.78, 5) is 28.9. The molecule has 3 amide bonds. The number of piperazine rings is 1. The van der Waals surface area contributed by atoms with E-state index < -0.39 is 0 Å². The number of urea groups is 1. The maximum absolute atomic E-state index is 12.8. The molecule has 0 aliphatic carbocycles. The van der Waals surface area contributed by atoms with Crippen LogP contribution < -0.4 is 5.32 Å². The number of hydrogen-bond donors (Lipinski definition) is 1. The van der Waals surface area contributed by atoms with Crippen molar-refractivity contribution >= 4 is 29.2 Å². The minimum atomic E-state index is -0.185. The number of benzene rings is 2. The van der Waals surface area contributed by atoms with Crippen LogP contribution in [0.3, 0.4) is 0 Å². The SMILES string of the molecule is Cc1ccc(NC(=O)N2CCN(C(=O)c3ccc(Cn4cccn4)cc3)CC2)cc1Cl. The van der Waals surface area contributed by atoms with E-state index in [1.807, 2.05) is 60.3 Å². The molecule has 1 N–H and O–H groups in total. The van der Waals surface area contributed by atoms with E-state index in [1.165, 1.54) is 0 Å². The number of aromatic nitrogens is 2. The van der Waals surface area contributed by atoms with Gasteiger partial charge in [-0.1, -0.05) is 29.8 Å². The Hall–Kier alpha value is -3.32. The lowest BCUT2D eigenvalue weighted by Crippen LogP contribution is -2.51. The van der Waals surface area contributed by atoms with Gasteiger partial charge in [-0.3, -0.25) is 9.48 Å². The number of hydrogen-bond acceptors (Lipinski definition) is 3. The smallest absolute Gasteiger partial charge is 0.321 e. The monoisotopic (exact) mass is 437 g/mol. The third kappa shape index (κ3) is 5.06. The van der Waals surface area contributed by atoms with Crippen molar-refractivity contribution in [3.05, 3.63) is 82.6 Å². The Bertz CT molecular complexity index is 1060. The Morgan fingerprint density at radius 2 is 1.74 bits per heavy atom. The van der Waals surface area contributed by atoms with Crippen LogP contribution in [0.25, 0.3) is 0 Å². The Kier molecular flexibility index (Phi) is 6.23. The fraction of sp³-hybridized carbons (Fsp3) is 0.261. The Balaban J connectivity index is 1.30. The molecular formula is C23H24ClN5O2. The number of halogens is 1. The Morgan fingerprint density at radius 1 is 1.03 bits per heavy atom. The van der Waals surface area contributed by atoms with E-state index in [9.17, 15) is 9.59 Å². The van der Waals surface area contributed by atoms with E-state index in [-0.39, 0.29) is 11.9 Å². The average Bonchev–Trinajstić information content (AvgIpc) is 3.29. The maximum Gasteiger partial charge on any atom is 0.321 e. The van der Waals surface area contributed by atoms with Gasteiger partial charge in [-0.15, -0.1) is 0 Å². The molecule has 31 heavy (non-hydrogen) atoms. The molecule has 1 aliphatic heterocycles. The number of nitrogens with zero attached hydrogens (tertiary/aromatic N) is 4. The van der Waals surface area contributed by atoms with Gasteiger partial charge in [-0.25, -0.2) is 4.79 Å². The highest BCUT2D eigenvalue weighted by Crippen LogP contribution is 2.20. The molecule has 1 fully saturated rings. The molecule has 3 aromatic rings. The number of amides is 3. The maximum atomic E-state index is 12.8. The van der Waals surface area contributed by atoms with E-state index in [0.717, 1.165) is 11.1 Å². The van der Waals surface area contributed by atoms with E-state index in [4.69, 9.17) is 11.6 Å². The molecule has 1 aromatic heterocycles. The summed E-state index contributed by atoms with van der Waals surface area (Å²) in [6, 6.07) is 14.7. The van der Waals surface area contributed by atoms with Gasteiger partial charge in [0.05, 0.1) is 6.54 Å². The molecule has 160 valence electrons. The molecule has 0 saturated carbocycles. The third-order valence-electron chi connectivity index (χ3n) is 5.38. The number of aryl methyl sites for hydroxylation is 1. The topological polar surface area (TPSA) is 70.5 Å². The summed E-state index contributed by atoms with van der Waals surface area (Å²) >= 11 is 6.13. The fourth-order valence-electron chi connectivity index (χ4n) is 3.50. The molecule has 0 atom stereocenters. The van der Waals surface area contributed by atoms with Gasteiger partial charge in [0.2, 0.25) is 0 Å². The highest BCUT2D eigenvalue weighted by atomic mass is 35.5. The van der Waals surface area contributed by atoms with E-state index in [1.54, 1.807) is 22.1 Å². The highest BCUT2D eigenvalue weighted by Gasteiger charge is 2.25. The molecule has 7 nitrogen and oxygen atoms in total. The molecule has 2 heterocycles. The van der Waals surface area contributed by atoms with E-state index in [0.29, 0.717) is 49.0 Å². The first-order valence-electron chi connectivity index (χ1n) is 10.2. The zero-order chi connectivity index (χ0) is 21.8. The van der Waals surface area contributed by atoms with Crippen molar-refractivity contribution in [1.29, 1.82) is 0 Å². The summed E-state index contributed by atoms with van der Waals surface area (Å²) in [5.41, 5.74) is 3.35.